The lowest BCUT2D eigenvalue weighted by atomic mass is 9.90. The summed E-state index contributed by atoms with van der Waals surface area (Å²) < 4.78 is 0. The average Bonchev–Trinajstić information content (AvgIpc) is 2.29. The Bertz CT molecular complexity index is 122. The summed E-state index contributed by atoms with van der Waals surface area (Å²) in [6.45, 7) is 6.40. The molecule has 0 rings (SSSR count). The van der Waals surface area contributed by atoms with Crippen molar-refractivity contribution in [3.8, 4) is 0 Å². The molecular formula is C13H28O2. The highest BCUT2D eigenvalue weighted by Crippen LogP contribution is 2.26. The molecule has 0 aromatic rings. The minimum Gasteiger partial charge on any atom is -0.251 e. The van der Waals surface area contributed by atoms with E-state index in [0.29, 0.717) is 0 Å². The van der Waals surface area contributed by atoms with Crippen LogP contribution in [0.2, 0.25) is 0 Å². The summed E-state index contributed by atoms with van der Waals surface area (Å²) in [6.07, 6.45) is 10.5. The zero-order valence-electron chi connectivity index (χ0n) is 10.7. The molecule has 0 aliphatic heterocycles. The van der Waals surface area contributed by atoms with E-state index in [2.05, 4.69) is 25.7 Å². The van der Waals surface area contributed by atoms with Gasteiger partial charge < -0.3 is 0 Å². The van der Waals surface area contributed by atoms with Crippen LogP contribution in [0.15, 0.2) is 0 Å². The maximum Gasteiger partial charge on any atom is 0.103 e. The Morgan fingerprint density at radius 1 is 0.867 bits per heavy atom. The monoisotopic (exact) mass is 216 g/mol. The highest BCUT2D eigenvalue weighted by molar-refractivity contribution is 4.75. The van der Waals surface area contributed by atoms with Crippen LogP contribution in [-0.2, 0) is 4.89 Å². The van der Waals surface area contributed by atoms with Crippen molar-refractivity contribution in [2.24, 2.45) is 0 Å². The SMILES string of the molecule is CCCCCCCCC(CC)(CC)OO. The first kappa shape index (κ1) is 14.9. The number of hydrogen-bond donors (Lipinski definition) is 1. The summed E-state index contributed by atoms with van der Waals surface area (Å²) >= 11 is 0. The van der Waals surface area contributed by atoms with Gasteiger partial charge in [-0.25, -0.2) is 4.89 Å². The Hall–Kier alpha value is -0.0800. The first-order chi connectivity index (χ1) is 7.24. The molecule has 15 heavy (non-hydrogen) atoms. The van der Waals surface area contributed by atoms with Crippen molar-refractivity contribution < 1.29 is 10.1 Å². The Labute approximate surface area is 95.0 Å². The minimum absolute atomic E-state index is 0.273. The Morgan fingerprint density at radius 3 is 1.87 bits per heavy atom. The molecule has 0 aromatic heterocycles. The van der Waals surface area contributed by atoms with E-state index in [-0.39, 0.29) is 5.60 Å². The van der Waals surface area contributed by atoms with E-state index < -0.39 is 0 Å². The molecule has 2 heteroatoms. The predicted octanol–water partition coefficient (Wildman–Crippen LogP) is 4.79. The average molecular weight is 216 g/mol. The Kier molecular flexibility index (Phi) is 9.12. The van der Waals surface area contributed by atoms with Gasteiger partial charge in [0.1, 0.15) is 5.60 Å². The van der Waals surface area contributed by atoms with Gasteiger partial charge in [0.2, 0.25) is 0 Å². The molecule has 0 saturated carbocycles. The van der Waals surface area contributed by atoms with E-state index in [4.69, 9.17) is 5.26 Å². The van der Waals surface area contributed by atoms with Gasteiger partial charge >= 0.3 is 0 Å². The highest BCUT2D eigenvalue weighted by Gasteiger charge is 2.26. The van der Waals surface area contributed by atoms with Crippen LogP contribution in [0.5, 0.6) is 0 Å². The zero-order chi connectivity index (χ0) is 11.6. The molecule has 0 amide bonds. The predicted molar refractivity (Wildman–Crippen MR) is 65.0 cm³/mol. The molecule has 92 valence electrons. The number of unbranched alkanes of at least 4 members (excludes halogenated alkanes) is 5. The maximum absolute atomic E-state index is 8.92. The Morgan fingerprint density at radius 2 is 1.40 bits per heavy atom. The van der Waals surface area contributed by atoms with Crippen LogP contribution in [0.1, 0.15) is 78.6 Å². The highest BCUT2D eigenvalue weighted by atomic mass is 17.1. The first-order valence-electron chi connectivity index (χ1n) is 6.57. The molecule has 0 heterocycles. The fourth-order valence-corrected chi connectivity index (χ4v) is 2.01. The quantitative estimate of drug-likeness (QED) is 0.323. The second kappa shape index (κ2) is 9.17. The number of hydrogen-bond acceptors (Lipinski definition) is 2. The molecule has 0 aromatic carbocycles. The van der Waals surface area contributed by atoms with Gasteiger partial charge in [0, 0.05) is 0 Å². The lowest BCUT2D eigenvalue weighted by molar-refractivity contribution is -0.327. The molecule has 0 fully saturated rings. The second-order valence-corrected chi connectivity index (χ2v) is 4.50. The lowest BCUT2D eigenvalue weighted by Gasteiger charge is -2.27. The topological polar surface area (TPSA) is 29.5 Å². The van der Waals surface area contributed by atoms with Gasteiger partial charge in [0.15, 0.2) is 0 Å². The molecule has 0 aliphatic rings. The normalized spacial score (nSPS) is 12.0. The van der Waals surface area contributed by atoms with E-state index in [0.717, 1.165) is 19.3 Å². The molecule has 2 nitrogen and oxygen atoms in total. The standard InChI is InChI=1S/C13H28O2/c1-4-7-8-9-10-11-12-13(5-2,6-3)15-14/h14H,4-12H2,1-3H3. The van der Waals surface area contributed by atoms with Crippen LogP contribution in [0.25, 0.3) is 0 Å². The molecule has 0 spiro atoms. The van der Waals surface area contributed by atoms with E-state index >= 15 is 0 Å². The minimum atomic E-state index is -0.273. The lowest BCUT2D eigenvalue weighted by Crippen LogP contribution is -2.29. The zero-order valence-corrected chi connectivity index (χ0v) is 10.7. The summed E-state index contributed by atoms with van der Waals surface area (Å²) in [5.41, 5.74) is -0.273. The molecule has 0 bridgehead atoms. The third kappa shape index (κ3) is 6.16. The van der Waals surface area contributed by atoms with Gasteiger partial charge in [-0.15, -0.1) is 0 Å². The number of rotatable bonds is 10. The van der Waals surface area contributed by atoms with Crippen molar-refractivity contribution in [2.45, 2.75) is 84.2 Å². The van der Waals surface area contributed by atoms with E-state index in [1.165, 1.54) is 38.5 Å². The van der Waals surface area contributed by atoms with Crippen molar-refractivity contribution in [1.82, 2.24) is 0 Å². The first-order valence-corrected chi connectivity index (χ1v) is 6.57. The van der Waals surface area contributed by atoms with Gasteiger partial charge in [-0.05, 0) is 19.3 Å². The summed E-state index contributed by atoms with van der Waals surface area (Å²) in [7, 11) is 0. The smallest absolute Gasteiger partial charge is 0.103 e. The molecule has 0 saturated heterocycles. The summed E-state index contributed by atoms with van der Waals surface area (Å²) in [5, 5.41) is 8.92. The molecule has 0 aliphatic carbocycles. The van der Waals surface area contributed by atoms with Crippen LogP contribution in [0, 0.1) is 0 Å². The third-order valence-electron chi connectivity index (χ3n) is 3.47. The van der Waals surface area contributed by atoms with Gasteiger partial charge in [-0.2, -0.15) is 0 Å². The molecule has 0 unspecified atom stereocenters. The molecular weight excluding hydrogens is 188 g/mol. The summed E-state index contributed by atoms with van der Waals surface area (Å²) in [4.78, 5) is 4.66. The van der Waals surface area contributed by atoms with Crippen LogP contribution in [0.4, 0.5) is 0 Å². The Balaban J connectivity index is 3.54. The van der Waals surface area contributed by atoms with Gasteiger partial charge in [0.05, 0.1) is 0 Å². The molecule has 1 N–H and O–H groups in total. The van der Waals surface area contributed by atoms with Crippen molar-refractivity contribution in [2.75, 3.05) is 0 Å². The van der Waals surface area contributed by atoms with E-state index in [1.807, 2.05) is 0 Å². The second-order valence-electron chi connectivity index (χ2n) is 4.50. The van der Waals surface area contributed by atoms with Crippen molar-refractivity contribution >= 4 is 0 Å². The van der Waals surface area contributed by atoms with E-state index in [1.54, 1.807) is 0 Å². The summed E-state index contributed by atoms with van der Waals surface area (Å²) in [6, 6.07) is 0. The van der Waals surface area contributed by atoms with Crippen molar-refractivity contribution in [3.05, 3.63) is 0 Å². The van der Waals surface area contributed by atoms with Crippen molar-refractivity contribution in [1.29, 1.82) is 0 Å². The van der Waals surface area contributed by atoms with Gasteiger partial charge in [-0.1, -0.05) is 59.3 Å². The largest absolute Gasteiger partial charge is 0.251 e. The fraction of sp³-hybridized carbons (Fsp3) is 1.00. The molecule has 0 radical (unpaired) electrons. The van der Waals surface area contributed by atoms with Crippen molar-refractivity contribution in [3.63, 3.8) is 0 Å². The maximum atomic E-state index is 8.92. The van der Waals surface area contributed by atoms with E-state index in [9.17, 15) is 0 Å². The van der Waals surface area contributed by atoms with Gasteiger partial charge in [0.25, 0.3) is 0 Å². The third-order valence-corrected chi connectivity index (χ3v) is 3.47. The fourth-order valence-electron chi connectivity index (χ4n) is 2.01. The van der Waals surface area contributed by atoms with Crippen LogP contribution < -0.4 is 0 Å². The van der Waals surface area contributed by atoms with Gasteiger partial charge in [-0.3, -0.25) is 5.26 Å². The molecule has 0 atom stereocenters. The van der Waals surface area contributed by atoms with Crippen LogP contribution in [-0.4, -0.2) is 10.9 Å². The summed E-state index contributed by atoms with van der Waals surface area (Å²) in [5.74, 6) is 0. The van der Waals surface area contributed by atoms with Crippen LogP contribution in [0.3, 0.4) is 0 Å². The van der Waals surface area contributed by atoms with Crippen LogP contribution >= 0.6 is 0 Å².